The number of carboxylic acid groups (broad SMARTS) is 1. The van der Waals surface area contributed by atoms with Crippen LogP contribution in [0.1, 0.15) is 26.2 Å². The zero-order chi connectivity index (χ0) is 15.8. The number of likely N-dealkylation sites (N-methyl/N-ethyl adjacent to an activating group) is 1. The van der Waals surface area contributed by atoms with Gasteiger partial charge in [0.25, 0.3) is 0 Å². The molecule has 0 aromatic carbocycles. The molecule has 0 aliphatic heterocycles. The van der Waals surface area contributed by atoms with Gasteiger partial charge in [0.1, 0.15) is 5.82 Å². The van der Waals surface area contributed by atoms with E-state index in [2.05, 4.69) is 10.3 Å². The highest BCUT2D eigenvalue weighted by Gasteiger charge is 2.11. The highest BCUT2D eigenvalue weighted by atomic mass is 35.5. The zero-order valence-electron chi connectivity index (χ0n) is 12.2. The van der Waals surface area contributed by atoms with Gasteiger partial charge in [0, 0.05) is 25.7 Å². The van der Waals surface area contributed by atoms with E-state index in [-0.39, 0.29) is 24.9 Å². The number of hydrogen-bond donors (Lipinski definition) is 2. The van der Waals surface area contributed by atoms with E-state index >= 15 is 0 Å². The molecule has 1 heterocycles. The lowest BCUT2D eigenvalue weighted by atomic mass is 10.1. The van der Waals surface area contributed by atoms with Crippen molar-refractivity contribution >= 4 is 29.3 Å². The van der Waals surface area contributed by atoms with Gasteiger partial charge in [0.2, 0.25) is 5.91 Å². The van der Waals surface area contributed by atoms with Crippen molar-refractivity contribution in [2.75, 3.05) is 18.5 Å². The van der Waals surface area contributed by atoms with Crippen molar-refractivity contribution in [2.45, 2.75) is 32.2 Å². The van der Waals surface area contributed by atoms with Gasteiger partial charge < -0.3 is 15.3 Å². The Morgan fingerprint density at radius 1 is 1.48 bits per heavy atom. The summed E-state index contributed by atoms with van der Waals surface area (Å²) in [5, 5.41) is 11.9. The monoisotopic (exact) mass is 313 g/mol. The van der Waals surface area contributed by atoms with Crippen LogP contribution in [0.15, 0.2) is 18.3 Å². The largest absolute Gasteiger partial charge is 0.481 e. The maximum absolute atomic E-state index is 11.9. The average molecular weight is 314 g/mol. The number of halogens is 1. The first kappa shape index (κ1) is 17.2. The number of carbonyl (C=O) groups excluding carboxylic acids is 1. The molecule has 1 rings (SSSR count). The number of amides is 1. The molecule has 1 atom stereocenters. The lowest BCUT2D eigenvalue weighted by Gasteiger charge is -2.19. The molecule has 2 N–H and O–H groups in total. The molecule has 1 aromatic heterocycles. The van der Waals surface area contributed by atoms with E-state index in [1.165, 1.54) is 6.20 Å². The minimum atomic E-state index is -0.818. The van der Waals surface area contributed by atoms with Gasteiger partial charge in [0.05, 0.1) is 11.6 Å². The molecule has 0 saturated heterocycles. The second kappa shape index (κ2) is 8.46. The Balaban J connectivity index is 2.35. The van der Waals surface area contributed by atoms with Crippen molar-refractivity contribution < 1.29 is 14.7 Å². The first-order valence-corrected chi connectivity index (χ1v) is 7.10. The molecule has 0 aliphatic rings. The first-order valence-electron chi connectivity index (χ1n) is 6.72. The van der Waals surface area contributed by atoms with Crippen LogP contribution in [0.4, 0.5) is 5.82 Å². The first-order chi connectivity index (χ1) is 9.88. The fourth-order valence-corrected chi connectivity index (χ4v) is 1.95. The highest BCUT2D eigenvalue weighted by Crippen LogP contribution is 2.12. The van der Waals surface area contributed by atoms with Crippen LogP contribution in [0.5, 0.6) is 0 Å². The van der Waals surface area contributed by atoms with Gasteiger partial charge in [-0.05, 0) is 31.9 Å². The quantitative estimate of drug-likeness (QED) is 0.766. The number of nitrogens with zero attached hydrogens (tertiary/aromatic N) is 2. The van der Waals surface area contributed by atoms with Crippen LogP contribution in [0.2, 0.25) is 5.02 Å². The molecule has 1 amide bonds. The summed E-state index contributed by atoms with van der Waals surface area (Å²) in [5.41, 5.74) is 0. The molecule has 116 valence electrons. The standard InChI is InChI=1S/C14H20ClN3O3/c1-10(4-3-5-14(20)21)17-13(19)9-18(2)12-7-6-11(15)8-16-12/h6-8,10H,3-5,9H2,1-2H3,(H,17,19)(H,20,21). The Bertz CT molecular complexity index is 479. The predicted octanol–water partition coefficient (Wildman–Crippen LogP) is 1.93. The topological polar surface area (TPSA) is 82.5 Å². The third-order valence-corrected chi connectivity index (χ3v) is 3.14. The highest BCUT2D eigenvalue weighted by molar-refractivity contribution is 6.30. The van der Waals surface area contributed by atoms with Crippen LogP contribution in [-0.2, 0) is 9.59 Å². The molecular formula is C14H20ClN3O3. The van der Waals surface area contributed by atoms with Crippen molar-refractivity contribution in [2.24, 2.45) is 0 Å². The molecular weight excluding hydrogens is 294 g/mol. The number of rotatable bonds is 8. The zero-order valence-corrected chi connectivity index (χ0v) is 12.9. The fourth-order valence-electron chi connectivity index (χ4n) is 1.84. The van der Waals surface area contributed by atoms with Crippen molar-refractivity contribution in [1.29, 1.82) is 0 Å². The summed E-state index contributed by atoms with van der Waals surface area (Å²) >= 11 is 5.76. The summed E-state index contributed by atoms with van der Waals surface area (Å²) in [6, 6.07) is 3.40. The Morgan fingerprint density at radius 3 is 2.76 bits per heavy atom. The molecule has 0 radical (unpaired) electrons. The molecule has 6 nitrogen and oxygen atoms in total. The van der Waals surface area contributed by atoms with Gasteiger partial charge in [-0.1, -0.05) is 11.6 Å². The number of pyridine rings is 1. The number of anilines is 1. The van der Waals surface area contributed by atoms with Crippen LogP contribution in [-0.4, -0.2) is 41.6 Å². The predicted molar refractivity (Wildman–Crippen MR) is 81.6 cm³/mol. The summed E-state index contributed by atoms with van der Waals surface area (Å²) in [7, 11) is 1.77. The van der Waals surface area contributed by atoms with Crippen LogP contribution in [0.25, 0.3) is 0 Å². The fraction of sp³-hybridized carbons (Fsp3) is 0.500. The minimum absolute atomic E-state index is 0.0524. The van der Waals surface area contributed by atoms with Gasteiger partial charge in [-0.25, -0.2) is 4.98 Å². The maximum atomic E-state index is 11.9. The average Bonchev–Trinajstić information content (AvgIpc) is 2.38. The number of aromatic nitrogens is 1. The lowest BCUT2D eigenvalue weighted by Crippen LogP contribution is -2.40. The normalized spacial score (nSPS) is 11.8. The van der Waals surface area contributed by atoms with E-state index in [1.807, 2.05) is 6.92 Å². The number of carbonyl (C=O) groups is 2. The molecule has 7 heteroatoms. The Labute approximate surface area is 129 Å². The van der Waals surface area contributed by atoms with Gasteiger partial charge in [-0.15, -0.1) is 0 Å². The SMILES string of the molecule is CC(CCCC(=O)O)NC(=O)CN(C)c1ccc(Cl)cn1. The van der Waals surface area contributed by atoms with E-state index in [9.17, 15) is 9.59 Å². The third kappa shape index (κ3) is 6.94. The van der Waals surface area contributed by atoms with Crippen LogP contribution in [0, 0.1) is 0 Å². The van der Waals surface area contributed by atoms with Gasteiger partial charge >= 0.3 is 5.97 Å². The van der Waals surface area contributed by atoms with Gasteiger partial charge in [-0.3, -0.25) is 9.59 Å². The molecule has 0 bridgehead atoms. The van der Waals surface area contributed by atoms with Crippen LogP contribution in [0.3, 0.4) is 0 Å². The Morgan fingerprint density at radius 2 is 2.19 bits per heavy atom. The molecule has 1 unspecified atom stereocenters. The van der Waals surface area contributed by atoms with E-state index < -0.39 is 5.97 Å². The molecule has 0 saturated carbocycles. The van der Waals surface area contributed by atoms with Crippen LogP contribution < -0.4 is 10.2 Å². The number of aliphatic carboxylic acids is 1. The minimum Gasteiger partial charge on any atom is -0.481 e. The Hall–Kier alpha value is -1.82. The summed E-state index contributed by atoms with van der Waals surface area (Å²) in [5.74, 6) is -0.285. The van der Waals surface area contributed by atoms with Crippen LogP contribution >= 0.6 is 11.6 Å². The van der Waals surface area contributed by atoms with E-state index in [0.717, 1.165) is 0 Å². The van der Waals surface area contributed by atoms with Crippen molar-refractivity contribution in [3.63, 3.8) is 0 Å². The molecule has 0 spiro atoms. The molecule has 21 heavy (non-hydrogen) atoms. The van der Waals surface area contributed by atoms with Gasteiger partial charge in [0.15, 0.2) is 0 Å². The smallest absolute Gasteiger partial charge is 0.303 e. The van der Waals surface area contributed by atoms with Crippen molar-refractivity contribution in [3.8, 4) is 0 Å². The molecule has 1 aromatic rings. The number of hydrogen-bond acceptors (Lipinski definition) is 4. The summed E-state index contributed by atoms with van der Waals surface area (Å²) < 4.78 is 0. The van der Waals surface area contributed by atoms with Crippen molar-refractivity contribution in [1.82, 2.24) is 10.3 Å². The molecule has 0 fully saturated rings. The number of nitrogens with one attached hydrogen (secondary N) is 1. The summed E-state index contributed by atoms with van der Waals surface area (Å²) in [6.45, 7) is 2.04. The van der Waals surface area contributed by atoms with E-state index in [4.69, 9.17) is 16.7 Å². The second-order valence-corrected chi connectivity index (χ2v) is 5.38. The van der Waals surface area contributed by atoms with E-state index in [0.29, 0.717) is 23.7 Å². The maximum Gasteiger partial charge on any atom is 0.303 e. The second-order valence-electron chi connectivity index (χ2n) is 4.95. The van der Waals surface area contributed by atoms with E-state index in [1.54, 1.807) is 24.1 Å². The number of carboxylic acids is 1. The van der Waals surface area contributed by atoms with Crippen molar-refractivity contribution in [3.05, 3.63) is 23.4 Å². The third-order valence-electron chi connectivity index (χ3n) is 2.92. The lowest BCUT2D eigenvalue weighted by molar-refractivity contribution is -0.137. The summed E-state index contributed by atoms with van der Waals surface area (Å²) in [4.78, 5) is 28.1. The Kier molecular flexibility index (Phi) is 6.94. The summed E-state index contributed by atoms with van der Waals surface area (Å²) in [6.07, 6.45) is 2.83. The molecule has 0 aliphatic carbocycles. The van der Waals surface area contributed by atoms with Gasteiger partial charge in [-0.2, -0.15) is 0 Å².